The Morgan fingerprint density at radius 1 is 1.36 bits per heavy atom. The van der Waals surface area contributed by atoms with Gasteiger partial charge in [0.25, 0.3) is 5.91 Å². The Balaban J connectivity index is 1.71. The van der Waals surface area contributed by atoms with Gasteiger partial charge in [-0.25, -0.2) is 4.98 Å². The summed E-state index contributed by atoms with van der Waals surface area (Å²) in [7, 11) is 3.84. The minimum atomic E-state index is -0.0990. The molecule has 1 amide bonds. The third-order valence-electron chi connectivity index (χ3n) is 4.22. The highest BCUT2D eigenvalue weighted by Gasteiger charge is 2.21. The molecule has 1 N–H and O–H groups in total. The van der Waals surface area contributed by atoms with E-state index < -0.39 is 0 Å². The molecule has 0 aliphatic heterocycles. The molecule has 0 unspecified atom stereocenters. The quantitative estimate of drug-likeness (QED) is 0.820. The number of nitrogens with zero attached hydrogens (tertiary/aromatic N) is 2. The average Bonchev–Trinajstić information content (AvgIpc) is 2.53. The summed E-state index contributed by atoms with van der Waals surface area (Å²) in [5.74, 6) is 1.37. The van der Waals surface area contributed by atoms with Gasteiger partial charge in [-0.1, -0.05) is 19.8 Å². The molecule has 2 rings (SSSR count). The zero-order chi connectivity index (χ0) is 15.9. The molecule has 2 atom stereocenters. The van der Waals surface area contributed by atoms with Crippen molar-refractivity contribution in [3.8, 4) is 0 Å². The van der Waals surface area contributed by atoms with E-state index in [1.165, 1.54) is 19.3 Å². The highest BCUT2D eigenvalue weighted by molar-refractivity contribution is 5.94. The lowest BCUT2D eigenvalue weighted by Gasteiger charge is -2.28. The third-order valence-corrected chi connectivity index (χ3v) is 4.22. The van der Waals surface area contributed by atoms with Crippen LogP contribution in [-0.4, -0.2) is 44.2 Å². The number of amides is 1. The lowest BCUT2D eigenvalue weighted by Crippen LogP contribution is -2.31. The van der Waals surface area contributed by atoms with Crippen molar-refractivity contribution in [1.82, 2.24) is 10.3 Å². The molecule has 1 aliphatic rings. The fourth-order valence-corrected chi connectivity index (χ4v) is 2.79. The van der Waals surface area contributed by atoms with Gasteiger partial charge in [-0.05, 0) is 30.9 Å². The van der Waals surface area contributed by atoms with E-state index in [-0.39, 0.29) is 5.91 Å². The zero-order valence-corrected chi connectivity index (χ0v) is 13.8. The van der Waals surface area contributed by atoms with E-state index >= 15 is 0 Å². The van der Waals surface area contributed by atoms with Gasteiger partial charge in [0.2, 0.25) is 0 Å². The van der Waals surface area contributed by atoms with Crippen LogP contribution >= 0.6 is 0 Å². The molecule has 5 heteroatoms. The Bertz CT molecular complexity index is 473. The molecule has 1 saturated carbocycles. The maximum absolute atomic E-state index is 12.0. The molecule has 0 bridgehead atoms. The molecule has 1 aliphatic carbocycles. The topological polar surface area (TPSA) is 54.5 Å². The van der Waals surface area contributed by atoms with Crippen molar-refractivity contribution < 1.29 is 9.53 Å². The number of ether oxygens (including phenoxy) is 1. The van der Waals surface area contributed by atoms with Crippen molar-refractivity contribution in [2.24, 2.45) is 5.92 Å². The molecule has 5 nitrogen and oxygen atoms in total. The van der Waals surface area contributed by atoms with Crippen molar-refractivity contribution in [2.45, 2.75) is 38.7 Å². The van der Waals surface area contributed by atoms with Crippen LogP contribution in [0.5, 0.6) is 0 Å². The molecule has 1 heterocycles. The van der Waals surface area contributed by atoms with Crippen molar-refractivity contribution in [1.29, 1.82) is 0 Å². The van der Waals surface area contributed by atoms with E-state index in [0.717, 1.165) is 12.2 Å². The van der Waals surface area contributed by atoms with Crippen LogP contribution < -0.4 is 10.2 Å². The predicted octanol–water partition coefficient (Wildman–Crippen LogP) is 2.47. The Morgan fingerprint density at radius 2 is 2.14 bits per heavy atom. The maximum Gasteiger partial charge on any atom is 0.252 e. The fourth-order valence-electron chi connectivity index (χ4n) is 2.79. The molecule has 1 aromatic heterocycles. The third kappa shape index (κ3) is 4.70. The fraction of sp³-hybridized carbons (Fsp3) is 0.647. The number of anilines is 1. The molecule has 0 saturated heterocycles. The first-order valence-electron chi connectivity index (χ1n) is 8.11. The number of carbonyl (C=O) groups excluding carboxylic acids is 1. The minimum Gasteiger partial charge on any atom is -0.376 e. The second kappa shape index (κ2) is 8.13. The highest BCUT2D eigenvalue weighted by Crippen LogP contribution is 2.25. The van der Waals surface area contributed by atoms with Crippen LogP contribution in [0.15, 0.2) is 18.3 Å². The molecule has 122 valence electrons. The van der Waals surface area contributed by atoms with E-state index in [0.29, 0.717) is 30.7 Å². The van der Waals surface area contributed by atoms with E-state index in [4.69, 9.17) is 4.74 Å². The monoisotopic (exact) mass is 305 g/mol. The second-order valence-corrected chi connectivity index (χ2v) is 6.23. The lowest BCUT2D eigenvalue weighted by molar-refractivity contribution is -0.00294. The number of hydrogen-bond acceptors (Lipinski definition) is 4. The highest BCUT2D eigenvalue weighted by atomic mass is 16.5. The summed E-state index contributed by atoms with van der Waals surface area (Å²) < 4.78 is 5.90. The summed E-state index contributed by atoms with van der Waals surface area (Å²) in [6, 6.07) is 3.64. The van der Waals surface area contributed by atoms with Crippen LogP contribution in [0.25, 0.3) is 0 Å². The number of rotatable bonds is 6. The van der Waals surface area contributed by atoms with Crippen LogP contribution in [0.4, 0.5) is 5.82 Å². The van der Waals surface area contributed by atoms with Gasteiger partial charge >= 0.3 is 0 Å². The van der Waals surface area contributed by atoms with E-state index in [9.17, 15) is 4.79 Å². The summed E-state index contributed by atoms with van der Waals surface area (Å²) in [5.41, 5.74) is 0.580. The SMILES string of the molecule is C[C@H]1CCCC[C@H]1OCCNC(=O)c1ccc(N(C)C)nc1. The summed E-state index contributed by atoms with van der Waals surface area (Å²) in [6.07, 6.45) is 6.92. The molecule has 0 radical (unpaired) electrons. The molecule has 1 fully saturated rings. The predicted molar refractivity (Wildman–Crippen MR) is 88.3 cm³/mol. The molecular formula is C17H27N3O2. The van der Waals surface area contributed by atoms with Crippen LogP contribution in [0, 0.1) is 5.92 Å². The largest absolute Gasteiger partial charge is 0.376 e. The van der Waals surface area contributed by atoms with Gasteiger partial charge in [0.15, 0.2) is 0 Å². The van der Waals surface area contributed by atoms with Gasteiger partial charge in [0.05, 0.1) is 18.3 Å². The summed E-state index contributed by atoms with van der Waals surface area (Å²) in [6.45, 7) is 3.36. The van der Waals surface area contributed by atoms with Gasteiger partial charge in [0, 0.05) is 26.8 Å². The zero-order valence-electron chi connectivity index (χ0n) is 13.8. The Kier molecular flexibility index (Phi) is 6.19. The smallest absolute Gasteiger partial charge is 0.252 e. The first kappa shape index (κ1) is 16.7. The van der Waals surface area contributed by atoms with E-state index in [1.807, 2.05) is 25.1 Å². The number of nitrogens with one attached hydrogen (secondary N) is 1. The summed E-state index contributed by atoms with van der Waals surface area (Å²) in [5, 5.41) is 2.88. The van der Waals surface area contributed by atoms with Crippen LogP contribution in [0.3, 0.4) is 0 Å². The van der Waals surface area contributed by atoms with Crippen molar-refractivity contribution in [3.63, 3.8) is 0 Å². The minimum absolute atomic E-state index is 0.0990. The Hall–Kier alpha value is -1.62. The van der Waals surface area contributed by atoms with Crippen LogP contribution in [0.1, 0.15) is 43.0 Å². The van der Waals surface area contributed by atoms with Gasteiger partial charge in [0.1, 0.15) is 5.82 Å². The average molecular weight is 305 g/mol. The van der Waals surface area contributed by atoms with Crippen molar-refractivity contribution >= 4 is 11.7 Å². The van der Waals surface area contributed by atoms with Crippen molar-refractivity contribution in [3.05, 3.63) is 23.9 Å². The van der Waals surface area contributed by atoms with Gasteiger partial charge in [-0.2, -0.15) is 0 Å². The summed E-state index contributed by atoms with van der Waals surface area (Å²) >= 11 is 0. The van der Waals surface area contributed by atoms with Gasteiger partial charge in [-0.15, -0.1) is 0 Å². The first-order valence-corrected chi connectivity index (χ1v) is 8.11. The molecule has 0 spiro atoms. The number of hydrogen-bond donors (Lipinski definition) is 1. The summed E-state index contributed by atoms with van der Waals surface area (Å²) in [4.78, 5) is 18.2. The molecule has 22 heavy (non-hydrogen) atoms. The molecule has 1 aromatic rings. The van der Waals surface area contributed by atoms with Gasteiger partial charge in [-0.3, -0.25) is 4.79 Å². The Morgan fingerprint density at radius 3 is 2.77 bits per heavy atom. The van der Waals surface area contributed by atoms with E-state index in [2.05, 4.69) is 17.2 Å². The molecule has 0 aromatic carbocycles. The van der Waals surface area contributed by atoms with Crippen LogP contribution in [-0.2, 0) is 4.74 Å². The Labute approximate surface area is 133 Å². The maximum atomic E-state index is 12.0. The lowest BCUT2D eigenvalue weighted by atomic mass is 9.88. The van der Waals surface area contributed by atoms with Crippen molar-refractivity contribution in [2.75, 3.05) is 32.1 Å². The molecular weight excluding hydrogens is 278 g/mol. The number of pyridine rings is 1. The second-order valence-electron chi connectivity index (χ2n) is 6.23. The normalized spacial score (nSPS) is 21.4. The van der Waals surface area contributed by atoms with Crippen LogP contribution in [0.2, 0.25) is 0 Å². The number of carbonyl (C=O) groups is 1. The van der Waals surface area contributed by atoms with Gasteiger partial charge < -0.3 is 15.0 Å². The first-order chi connectivity index (χ1) is 10.6. The standard InChI is InChI=1S/C17H27N3O2/c1-13-6-4-5-7-15(13)22-11-10-18-17(21)14-8-9-16(19-12-14)20(2)3/h8-9,12-13,15H,4-7,10-11H2,1-3H3,(H,18,21)/t13-,15+/m0/s1. The van der Waals surface area contributed by atoms with E-state index in [1.54, 1.807) is 12.3 Å². The number of aromatic nitrogens is 1.